The number of amides is 1. The fourth-order valence-electron chi connectivity index (χ4n) is 3.31. The fraction of sp³-hybridized carbons (Fsp3) is 0.250. The van der Waals surface area contributed by atoms with Gasteiger partial charge in [0.25, 0.3) is 5.91 Å². The third-order valence-electron chi connectivity index (χ3n) is 4.70. The average molecular weight is 430 g/mol. The van der Waals surface area contributed by atoms with E-state index in [1.807, 2.05) is 18.2 Å². The van der Waals surface area contributed by atoms with Crippen molar-refractivity contribution < 1.29 is 13.7 Å². The van der Waals surface area contributed by atoms with Crippen LogP contribution in [0.3, 0.4) is 0 Å². The van der Waals surface area contributed by atoms with Gasteiger partial charge in [-0.25, -0.2) is 4.39 Å². The average Bonchev–Trinajstić information content (AvgIpc) is 3.18. The third kappa shape index (κ3) is 3.64. The molecular weight excluding hydrogens is 413 g/mol. The highest BCUT2D eigenvalue weighted by Gasteiger charge is 2.33. The minimum absolute atomic E-state index is 0.0614. The van der Waals surface area contributed by atoms with Crippen LogP contribution < -0.4 is 0 Å². The molecule has 2 heterocycles. The molecule has 1 unspecified atom stereocenters. The minimum Gasteiger partial charge on any atom is -0.337 e. The number of carbonyl (C=O) groups excluding carboxylic acids is 1. The van der Waals surface area contributed by atoms with Crippen molar-refractivity contribution in [3.63, 3.8) is 0 Å². The highest BCUT2D eigenvalue weighted by Crippen LogP contribution is 2.33. The summed E-state index contributed by atoms with van der Waals surface area (Å²) in [5.74, 6) is 0.423. The van der Waals surface area contributed by atoms with Gasteiger partial charge in [0.1, 0.15) is 11.9 Å². The van der Waals surface area contributed by atoms with Crippen molar-refractivity contribution in [1.29, 1.82) is 0 Å². The Morgan fingerprint density at radius 1 is 1.15 bits per heavy atom. The molecule has 1 atom stereocenters. The Hall–Kier alpha value is -2.54. The van der Waals surface area contributed by atoms with Crippen LogP contribution in [-0.2, 0) is 0 Å². The smallest absolute Gasteiger partial charge is 0.255 e. The van der Waals surface area contributed by atoms with E-state index in [9.17, 15) is 9.18 Å². The Kier molecular flexibility index (Phi) is 5.03. The molecule has 0 N–H and O–H groups in total. The van der Waals surface area contributed by atoms with Crippen molar-refractivity contribution in [3.05, 3.63) is 70.3 Å². The normalized spacial score (nSPS) is 17.1. The third-order valence-corrected chi connectivity index (χ3v) is 5.39. The van der Waals surface area contributed by atoms with Crippen LogP contribution in [0.4, 0.5) is 4.39 Å². The van der Waals surface area contributed by atoms with E-state index in [4.69, 9.17) is 4.52 Å². The lowest BCUT2D eigenvalue weighted by Crippen LogP contribution is -2.38. The predicted molar refractivity (Wildman–Crippen MR) is 101 cm³/mol. The summed E-state index contributed by atoms with van der Waals surface area (Å²) < 4.78 is 19.4. The molecule has 138 valence electrons. The Bertz CT molecular complexity index is 958. The number of benzene rings is 2. The topological polar surface area (TPSA) is 59.2 Å². The van der Waals surface area contributed by atoms with E-state index >= 15 is 0 Å². The maximum Gasteiger partial charge on any atom is 0.255 e. The summed E-state index contributed by atoms with van der Waals surface area (Å²) in [7, 11) is 0. The van der Waals surface area contributed by atoms with Crippen molar-refractivity contribution in [1.82, 2.24) is 15.0 Å². The second-order valence-corrected chi connectivity index (χ2v) is 7.31. The van der Waals surface area contributed by atoms with Gasteiger partial charge in [-0.15, -0.1) is 0 Å². The van der Waals surface area contributed by atoms with Crippen molar-refractivity contribution in [2.45, 2.75) is 25.3 Å². The van der Waals surface area contributed by atoms with Gasteiger partial charge in [0.2, 0.25) is 11.7 Å². The van der Waals surface area contributed by atoms with Gasteiger partial charge in [0.15, 0.2) is 0 Å². The maximum atomic E-state index is 13.1. The standard InChI is InChI=1S/C20H17BrFN3O2/c21-16-6-2-1-5-15(16)20(26)25-12-4-3-7-17(25)19-23-18(24-27-19)13-8-10-14(22)11-9-13/h1-2,5-6,8-11,17H,3-4,7,12H2. The molecule has 1 aliphatic rings. The molecule has 3 aromatic rings. The van der Waals surface area contributed by atoms with Crippen LogP contribution in [0.2, 0.25) is 0 Å². The van der Waals surface area contributed by atoms with E-state index in [-0.39, 0.29) is 17.8 Å². The molecule has 0 spiro atoms. The number of likely N-dealkylation sites (tertiary alicyclic amines) is 1. The number of carbonyl (C=O) groups is 1. The highest BCUT2D eigenvalue weighted by atomic mass is 79.9. The van der Waals surface area contributed by atoms with E-state index in [0.717, 1.165) is 23.7 Å². The first-order valence-corrected chi connectivity index (χ1v) is 9.58. The minimum atomic E-state index is -0.319. The molecule has 1 fully saturated rings. The molecule has 1 amide bonds. The molecule has 7 heteroatoms. The van der Waals surface area contributed by atoms with Gasteiger partial charge >= 0.3 is 0 Å². The van der Waals surface area contributed by atoms with Gasteiger partial charge in [-0.05, 0) is 71.6 Å². The van der Waals surface area contributed by atoms with Gasteiger partial charge in [0, 0.05) is 16.6 Å². The summed E-state index contributed by atoms with van der Waals surface area (Å²) in [5.41, 5.74) is 1.29. The monoisotopic (exact) mass is 429 g/mol. The summed E-state index contributed by atoms with van der Waals surface area (Å²) in [6.07, 6.45) is 2.69. The molecule has 4 rings (SSSR count). The zero-order valence-electron chi connectivity index (χ0n) is 14.4. The molecule has 0 bridgehead atoms. The van der Waals surface area contributed by atoms with Crippen LogP contribution >= 0.6 is 15.9 Å². The fourth-order valence-corrected chi connectivity index (χ4v) is 3.76. The summed E-state index contributed by atoms with van der Waals surface area (Å²) in [6, 6.07) is 13.0. The number of rotatable bonds is 3. The molecule has 0 radical (unpaired) electrons. The number of aromatic nitrogens is 2. The number of hydrogen-bond acceptors (Lipinski definition) is 4. The number of piperidine rings is 1. The van der Waals surface area contributed by atoms with Gasteiger partial charge < -0.3 is 9.42 Å². The predicted octanol–water partition coefficient (Wildman–Crippen LogP) is 5.01. The van der Waals surface area contributed by atoms with Gasteiger partial charge in [0.05, 0.1) is 5.56 Å². The van der Waals surface area contributed by atoms with Gasteiger partial charge in [-0.2, -0.15) is 4.98 Å². The van der Waals surface area contributed by atoms with E-state index in [2.05, 4.69) is 26.1 Å². The maximum absolute atomic E-state index is 13.1. The zero-order chi connectivity index (χ0) is 18.8. The Balaban J connectivity index is 1.62. The number of halogens is 2. The van der Waals surface area contributed by atoms with E-state index < -0.39 is 0 Å². The van der Waals surface area contributed by atoms with Crippen LogP contribution in [0.25, 0.3) is 11.4 Å². The SMILES string of the molecule is O=C(c1ccccc1Br)N1CCCCC1c1nc(-c2ccc(F)cc2)no1. The lowest BCUT2D eigenvalue weighted by molar-refractivity contribution is 0.0560. The van der Waals surface area contributed by atoms with E-state index in [1.165, 1.54) is 12.1 Å². The molecule has 0 aliphatic carbocycles. The van der Waals surface area contributed by atoms with Crippen molar-refractivity contribution in [2.24, 2.45) is 0 Å². The first-order chi connectivity index (χ1) is 13.1. The highest BCUT2D eigenvalue weighted by molar-refractivity contribution is 9.10. The van der Waals surface area contributed by atoms with Crippen molar-refractivity contribution in [2.75, 3.05) is 6.54 Å². The van der Waals surface area contributed by atoms with Crippen molar-refractivity contribution >= 4 is 21.8 Å². The summed E-state index contributed by atoms with van der Waals surface area (Å²) >= 11 is 3.45. The Morgan fingerprint density at radius 2 is 1.93 bits per heavy atom. The second kappa shape index (κ2) is 7.60. The second-order valence-electron chi connectivity index (χ2n) is 6.45. The lowest BCUT2D eigenvalue weighted by atomic mass is 10.0. The van der Waals surface area contributed by atoms with E-state index in [1.54, 1.807) is 23.1 Å². The number of hydrogen-bond donors (Lipinski definition) is 0. The molecule has 1 aliphatic heterocycles. The zero-order valence-corrected chi connectivity index (χ0v) is 16.0. The molecule has 5 nitrogen and oxygen atoms in total. The van der Waals surface area contributed by atoms with E-state index in [0.29, 0.717) is 29.4 Å². The summed E-state index contributed by atoms with van der Waals surface area (Å²) in [5, 5.41) is 4.02. The van der Waals surface area contributed by atoms with Crippen LogP contribution in [0.15, 0.2) is 57.5 Å². The number of nitrogens with zero attached hydrogens (tertiary/aromatic N) is 3. The summed E-state index contributed by atoms with van der Waals surface area (Å²) in [4.78, 5) is 19.4. The lowest BCUT2D eigenvalue weighted by Gasteiger charge is -2.33. The van der Waals surface area contributed by atoms with Crippen LogP contribution in [0, 0.1) is 5.82 Å². The molecule has 0 saturated carbocycles. The quantitative estimate of drug-likeness (QED) is 0.587. The van der Waals surface area contributed by atoms with Gasteiger partial charge in [-0.3, -0.25) is 4.79 Å². The van der Waals surface area contributed by atoms with Crippen LogP contribution in [0.5, 0.6) is 0 Å². The molecule has 2 aromatic carbocycles. The first kappa shape index (κ1) is 17.9. The van der Waals surface area contributed by atoms with Crippen LogP contribution in [0.1, 0.15) is 41.6 Å². The molecule has 1 aromatic heterocycles. The largest absolute Gasteiger partial charge is 0.337 e. The Morgan fingerprint density at radius 3 is 2.70 bits per heavy atom. The van der Waals surface area contributed by atoms with Crippen molar-refractivity contribution in [3.8, 4) is 11.4 Å². The van der Waals surface area contributed by atoms with Gasteiger partial charge in [-0.1, -0.05) is 17.3 Å². The Labute approximate surface area is 164 Å². The molecule has 27 heavy (non-hydrogen) atoms. The first-order valence-electron chi connectivity index (χ1n) is 8.78. The molecular formula is C20H17BrFN3O2. The summed E-state index contributed by atoms with van der Waals surface area (Å²) in [6.45, 7) is 0.638. The molecule has 1 saturated heterocycles. The van der Waals surface area contributed by atoms with Crippen LogP contribution in [-0.4, -0.2) is 27.5 Å².